The molecule has 1 atom stereocenters. The van der Waals surface area contributed by atoms with Gasteiger partial charge in [0.2, 0.25) is 0 Å². The molecule has 0 aliphatic carbocycles. The molecule has 0 bridgehead atoms. The highest BCUT2D eigenvalue weighted by atomic mass is 15.3. The molecule has 13 heavy (non-hydrogen) atoms. The summed E-state index contributed by atoms with van der Waals surface area (Å²) in [6.07, 6.45) is 6.30. The number of nitrogens with zero attached hydrogens (tertiary/aromatic N) is 4. The molecule has 1 unspecified atom stereocenters. The van der Waals surface area contributed by atoms with E-state index in [-0.39, 0.29) is 0 Å². The molecule has 0 saturated carbocycles. The highest BCUT2D eigenvalue weighted by molar-refractivity contribution is 4.75. The van der Waals surface area contributed by atoms with Crippen LogP contribution < -0.4 is 0 Å². The molecule has 1 aliphatic rings. The number of hydrogen-bond acceptors (Lipinski definition) is 3. The molecule has 2 rings (SSSR count). The molecule has 4 nitrogen and oxygen atoms in total. The van der Waals surface area contributed by atoms with Gasteiger partial charge in [-0.05, 0) is 32.9 Å². The smallest absolute Gasteiger partial charge is 0.119 e. The fraction of sp³-hybridized carbons (Fsp3) is 0.778. The third-order valence-corrected chi connectivity index (χ3v) is 2.67. The Hall–Kier alpha value is -0.900. The van der Waals surface area contributed by atoms with Crippen LogP contribution in [0.5, 0.6) is 0 Å². The lowest BCUT2D eigenvalue weighted by Gasteiger charge is -2.20. The molecule has 2 heterocycles. The molecule has 4 heteroatoms. The minimum absolute atomic E-state index is 0.494. The zero-order valence-corrected chi connectivity index (χ0v) is 8.06. The first-order chi connectivity index (χ1) is 6.36. The van der Waals surface area contributed by atoms with Crippen molar-refractivity contribution in [2.45, 2.75) is 25.8 Å². The van der Waals surface area contributed by atoms with Crippen molar-refractivity contribution >= 4 is 0 Å². The zero-order chi connectivity index (χ0) is 9.10. The summed E-state index contributed by atoms with van der Waals surface area (Å²) in [6.45, 7) is 5.85. The van der Waals surface area contributed by atoms with Crippen LogP contribution in [0.15, 0.2) is 12.7 Å². The quantitative estimate of drug-likeness (QED) is 0.694. The van der Waals surface area contributed by atoms with Gasteiger partial charge in [-0.3, -0.25) is 0 Å². The standard InChI is InChI=1S/C9H16N4/c1-9(13-7-10-11-8-13)6-12-4-2-3-5-12/h7-9H,2-6H2,1H3. The molecule has 0 N–H and O–H groups in total. The lowest BCUT2D eigenvalue weighted by atomic mass is 10.3. The van der Waals surface area contributed by atoms with Gasteiger partial charge in [-0.15, -0.1) is 10.2 Å². The molecule has 1 fully saturated rings. The maximum Gasteiger partial charge on any atom is 0.119 e. The van der Waals surface area contributed by atoms with Gasteiger partial charge in [0.15, 0.2) is 0 Å². The fourth-order valence-electron chi connectivity index (χ4n) is 1.87. The number of rotatable bonds is 3. The monoisotopic (exact) mass is 180 g/mol. The van der Waals surface area contributed by atoms with Crippen molar-refractivity contribution in [1.82, 2.24) is 19.7 Å². The Balaban J connectivity index is 1.87. The van der Waals surface area contributed by atoms with E-state index < -0.39 is 0 Å². The van der Waals surface area contributed by atoms with Gasteiger partial charge in [0.25, 0.3) is 0 Å². The van der Waals surface area contributed by atoms with E-state index in [2.05, 4.69) is 26.6 Å². The first-order valence-electron chi connectivity index (χ1n) is 4.93. The lowest BCUT2D eigenvalue weighted by molar-refractivity contribution is 0.287. The van der Waals surface area contributed by atoms with Gasteiger partial charge in [-0.1, -0.05) is 0 Å². The van der Waals surface area contributed by atoms with E-state index in [1.165, 1.54) is 25.9 Å². The number of hydrogen-bond donors (Lipinski definition) is 0. The Kier molecular flexibility index (Phi) is 2.59. The van der Waals surface area contributed by atoms with Crippen molar-refractivity contribution in [3.63, 3.8) is 0 Å². The van der Waals surface area contributed by atoms with E-state index in [0.717, 1.165) is 6.54 Å². The van der Waals surface area contributed by atoms with Gasteiger partial charge in [-0.25, -0.2) is 0 Å². The van der Waals surface area contributed by atoms with Crippen LogP contribution in [0.3, 0.4) is 0 Å². The van der Waals surface area contributed by atoms with E-state index >= 15 is 0 Å². The van der Waals surface area contributed by atoms with Crippen LogP contribution in [0.2, 0.25) is 0 Å². The summed E-state index contributed by atoms with van der Waals surface area (Å²) in [6, 6.07) is 0.494. The molecule has 0 spiro atoms. The van der Waals surface area contributed by atoms with Crippen LogP contribution >= 0.6 is 0 Å². The Bertz CT molecular complexity index is 238. The molecule has 1 saturated heterocycles. The zero-order valence-electron chi connectivity index (χ0n) is 8.06. The highest BCUT2D eigenvalue weighted by Crippen LogP contribution is 2.12. The van der Waals surface area contributed by atoms with E-state index in [4.69, 9.17) is 0 Å². The first-order valence-corrected chi connectivity index (χ1v) is 4.93. The second kappa shape index (κ2) is 3.87. The summed E-state index contributed by atoms with van der Waals surface area (Å²) < 4.78 is 2.07. The van der Waals surface area contributed by atoms with Crippen molar-refractivity contribution < 1.29 is 0 Å². The van der Waals surface area contributed by atoms with Crippen molar-refractivity contribution in [3.05, 3.63) is 12.7 Å². The predicted molar refractivity (Wildman–Crippen MR) is 50.4 cm³/mol. The molecule has 1 aromatic rings. The van der Waals surface area contributed by atoms with Gasteiger partial charge >= 0.3 is 0 Å². The molecular weight excluding hydrogens is 164 g/mol. The average molecular weight is 180 g/mol. The van der Waals surface area contributed by atoms with E-state index in [9.17, 15) is 0 Å². The van der Waals surface area contributed by atoms with Crippen molar-refractivity contribution in [3.8, 4) is 0 Å². The second-order valence-electron chi connectivity index (χ2n) is 3.77. The van der Waals surface area contributed by atoms with Crippen LogP contribution in [-0.4, -0.2) is 39.3 Å². The van der Waals surface area contributed by atoms with E-state index in [1.54, 1.807) is 12.7 Å². The lowest BCUT2D eigenvalue weighted by Crippen LogP contribution is -2.26. The first kappa shape index (κ1) is 8.69. The minimum Gasteiger partial charge on any atom is -0.316 e. The topological polar surface area (TPSA) is 34.0 Å². The Morgan fingerprint density at radius 3 is 2.46 bits per heavy atom. The van der Waals surface area contributed by atoms with Crippen molar-refractivity contribution in [2.75, 3.05) is 19.6 Å². The highest BCUT2D eigenvalue weighted by Gasteiger charge is 2.14. The van der Waals surface area contributed by atoms with Gasteiger partial charge in [0, 0.05) is 12.6 Å². The third-order valence-electron chi connectivity index (χ3n) is 2.67. The Morgan fingerprint density at radius 2 is 1.85 bits per heavy atom. The summed E-state index contributed by atoms with van der Waals surface area (Å²) >= 11 is 0. The summed E-state index contributed by atoms with van der Waals surface area (Å²) in [5, 5.41) is 7.62. The molecule has 72 valence electrons. The number of aromatic nitrogens is 3. The van der Waals surface area contributed by atoms with Crippen molar-refractivity contribution in [2.24, 2.45) is 0 Å². The second-order valence-corrected chi connectivity index (χ2v) is 3.77. The fourth-order valence-corrected chi connectivity index (χ4v) is 1.87. The molecule has 1 aromatic heterocycles. The SMILES string of the molecule is CC(CN1CCCC1)n1cnnc1. The minimum atomic E-state index is 0.494. The van der Waals surface area contributed by atoms with Gasteiger partial charge in [-0.2, -0.15) is 0 Å². The Labute approximate surface area is 78.6 Å². The summed E-state index contributed by atoms with van der Waals surface area (Å²) in [5.41, 5.74) is 0. The predicted octanol–water partition coefficient (Wildman–Crippen LogP) is 0.935. The van der Waals surface area contributed by atoms with Crippen LogP contribution in [0, 0.1) is 0 Å². The normalized spacial score (nSPS) is 20.7. The van der Waals surface area contributed by atoms with Crippen LogP contribution in [0.25, 0.3) is 0 Å². The molecule has 0 radical (unpaired) electrons. The summed E-state index contributed by atoms with van der Waals surface area (Å²) in [4.78, 5) is 2.50. The summed E-state index contributed by atoms with van der Waals surface area (Å²) in [7, 11) is 0. The third kappa shape index (κ3) is 2.06. The molecule has 0 amide bonds. The maximum absolute atomic E-state index is 3.81. The van der Waals surface area contributed by atoms with Crippen LogP contribution in [0.4, 0.5) is 0 Å². The maximum atomic E-state index is 3.81. The average Bonchev–Trinajstić information content (AvgIpc) is 2.74. The Morgan fingerprint density at radius 1 is 1.23 bits per heavy atom. The van der Waals surface area contributed by atoms with Crippen LogP contribution in [-0.2, 0) is 0 Å². The van der Waals surface area contributed by atoms with Gasteiger partial charge < -0.3 is 9.47 Å². The number of likely N-dealkylation sites (tertiary alicyclic amines) is 1. The van der Waals surface area contributed by atoms with Crippen LogP contribution in [0.1, 0.15) is 25.8 Å². The van der Waals surface area contributed by atoms with Gasteiger partial charge in [0.05, 0.1) is 0 Å². The largest absolute Gasteiger partial charge is 0.316 e. The molecule has 0 aromatic carbocycles. The molecular formula is C9H16N4. The van der Waals surface area contributed by atoms with E-state index in [0.29, 0.717) is 6.04 Å². The van der Waals surface area contributed by atoms with Crippen molar-refractivity contribution in [1.29, 1.82) is 0 Å². The van der Waals surface area contributed by atoms with Gasteiger partial charge in [0.1, 0.15) is 12.7 Å². The molecule has 1 aliphatic heterocycles. The summed E-state index contributed by atoms with van der Waals surface area (Å²) in [5.74, 6) is 0. The van der Waals surface area contributed by atoms with E-state index in [1.807, 2.05) is 0 Å².